The van der Waals surface area contributed by atoms with E-state index in [0.717, 1.165) is 28.7 Å². The first-order chi connectivity index (χ1) is 12.7. The van der Waals surface area contributed by atoms with Gasteiger partial charge in [-0.3, -0.25) is 0 Å². The Kier molecular flexibility index (Phi) is 5.73. The van der Waals surface area contributed by atoms with Crippen LogP contribution in [0.5, 0.6) is 5.88 Å². The van der Waals surface area contributed by atoms with Gasteiger partial charge < -0.3 is 19.4 Å². The molecule has 26 heavy (non-hydrogen) atoms. The lowest BCUT2D eigenvalue weighted by atomic mass is 10.2. The Morgan fingerprint density at radius 1 is 1.27 bits per heavy atom. The number of fused-ring (bicyclic) bond motifs is 1. The molecule has 2 amide bonds. The van der Waals surface area contributed by atoms with E-state index in [1.54, 1.807) is 18.1 Å². The zero-order chi connectivity index (χ0) is 18.4. The number of carbonyl (C=O) groups is 1. The van der Waals surface area contributed by atoms with Crippen molar-refractivity contribution >= 4 is 17.0 Å². The van der Waals surface area contributed by atoms with Gasteiger partial charge in [-0.1, -0.05) is 31.2 Å². The fraction of sp³-hybridized carbons (Fsp3) is 0.300. The van der Waals surface area contributed by atoms with Gasteiger partial charge in [-0.2, -0.15) is 0 Å². The summed E-state index contributed by atoms with van der Waals surface area (Å²) >= 11 is 0. The smallest absolute Gasteiger partial charge is 0.317 e. The predicted molar refractivity (Wildman–Crippen MR) is 99.9 cm³/mol. The van der Waals surface area contributed by atoms with Crippen molar-refractivity contribution in [2.75, 3.05) is 13.7 Å². The number of benzene rings is 1. The summed E-state index contributed by atoms with van der Waals surface area (Å²) in [4.78, 5) is 18.1. The van der Waals surface area contributed by atoms with Crippen LogP contribution in [0.2, 0.25) is 0 Å². The molecule has 0 aliphatic heterocycles. The van der Waals surface area contributed by atoms with Crippen LogP contribution >= 0.6 is 0 Å². The van der Waals surface area contributed by atoms with E-state index in [2.05, 4.69) is 10.3 Å². The molecule has 0 aliphatic rings. The van der Waals surface area contributed by atoms with E-state index in [4.69, 9.17) is 9.15 Å². The lowest BCUT2D eigenvalue weighted by Gasteiger charge is -2.16. The van der Waals surface area contributed by atoms with Crippen molar-refractivity contribution < 1.29 is 13.9 Å². The number of pyridine rings is 1. The average molecular weight is 353 g/mol. The normalized spacial score (nSPS) is 10.7. The first kappa shape index (κ1) is 17.8. The number of amides is 2. The molecule has 0 bridgehead atoms. The fourth-order valence-electron chi connectivity index (χ4n) is 2.54. The molecule has 0 fully saturated rings. The molecule has 1 aromatic carbocycles. The molecule has 0 saturated carbocycles. The fourth-order valence-corrected chi connectivity index (χ4v) is 2.54. The van der Waals surface area contributed by atoms with E-state index in [0.29, 0.717) is 25.6 Å². The van der Waals surface area contributed by atoms with E-state index < -0.39 is 0 Å². The zero-order valence-corrected chi connectivity index (χ0v) is 15.1. The maximum Gasteiger partial charge on any atom is 0.317 e. The van der Waals surface area contributed by atoms with Crippen LogP contribution < -0.4 is 10.1 Å². The minimum atomic E-state index is -0.170. The highest BCUT2D eigenvalue weighted by molar-refractivity contribution is 5.78. The van der Waals surface area contributed by atoms with E-state index in [-0.39, 0.29) is 6.03 Å². The van der Waals surface area contributed by atoms with Crippen molar-refractivity contribution in [3.8, 4) is 5.88 Å². The third kappa shape index (κ3) is 4.53. The van der Waals surface area contributed by atoms with E-state index >= 15 is 0 Å². The molecule has 0 atom stereocenters. The molecule has 3 rings (SSSR count). The molecule has 1 N–H and O–H groups in total. The molecule has 136 valence electrons. The molecular weight excluding hydrogens is 330 g/mol. The number of nitrogens with zero attached hydrogens (tertiary/aromatic N) is 2. The van der Waals surface area contributed by atoms with Crippen LogP contribution in [0.1, 0.15) is 24.7 Å². The molecule has 0 spiro atoms. The number of nitrogens with one attached hydrogen (secondary N) is 1. The van der Waals surface area contributed by atoms with Crippen LogP contribution in [0.15, 0.2) is 53.1 Å². The number of carbonyl (C=O) groups excluding carboxylic acids is 1. The number of hydrogen-bond donors (Lipinski definition) is 1. The minimum Gasteiger partial charge on any atom is -0.478 e. The van der Waals surface area contributed by atoms with Gasteiger partial charge in [-0.25, -0.2) is 9.78 Å². The number of hydrogen-bond acceptors (Lipinski definition) is 4. The zero-order valence-electron chi connectivity index (χ0n) is 15.1. The lowest BCUT2D eigenvalue weighted by molar-refractivity contribution is 0.203. The Balaban J connectivity index is 1.50. The Hall–Kier alpha value is -3.02. The summed E-state index contributed by atoms with van der Waals surface area (Å²) in [7, 11) is 1.74. The second kappa shape index (κ2) is 8.38. The van der Waals surface area contributed by atoms with Crippen LogP contribution in [0.4, 0.5) is 4.79 Å². The van der Waals surface area contributed by atoms with Crippen LogP contribution in [0.25, 0.3) is 11.0 Å². The predicted octanol–water partition coefficient (Wildman–Crippen LogP) is 3.96. The van der Waals surface area contributed by atoms with Crippen molar-refractivity contribution in [2.24, 2.45) is 0 Å². The van der Waals surface area contributed by atoms with Gasteiger partial charge in [-0.05, 0) is 24.1 Å². The largest absolute Gasteiger partial charge is 0.478 e. The van der Waals surface area contributed by atoms with Gasteiger partial charge in [0.1, 0.15) is 11.3 Å². The van der Waals surface area contributed by atoms with Crippen molar-refractivity contribution in [2.45, 2.75) is 26.4 Å². The molecule has 0 radical (unpaired) electrons. The Morgan fingerprint density at radius 2 is 2.12 bits per heavy atom. The highest BCUT2D eigenvalue weighted by Crippen LogP contribution is 2.19. The summed E-state index contributed by atoms with van der Waals surface area (Å²) in [5.74, 6) is 1.35. The Bertz CT molecular complexity index is 825. The van der Waals surface area contributed by atoms with Crippen LogP contribution in [-0.2, 0) is 13.1 Å². The molecule has 2 heterocycles. The Labute approximate surface area is 152 Å². The van der Waals surface area contributed by atoms with E-state index in [9.17, 15) is 4.79 Å². The lowest BCUT2D eigenvalue weighted by Crippen LogP contribution is -2.36. The molecule has 0 unspecified atom stereocenters. The second-order valence-corrected chi connectivity index (χ2v) is 6.12. The number of urea groups is 1. The van der Waals surface area contributed by atoms with Gasteiger partial charge in [-0.15, -0.1) is 0 Å². The first-order valence-corrected chi connectivity index (χ1v) is 8.70. The summed E-state index contributed by atoms with van der Waals surface area (Å²) in [5.41, 5.74) is 1.74. The molecule has 0 saturated heterocycles. The third-order valence-corrected chi connectivity index (χ3v) is 3.91. The molecule has 6 heteroatoms. The van der Waals surface area contributed by atoms with Crippen LogP contribution in [-0.4, -0.2) is 29.6 Å². The van der Waals surface area contributed by atoms with E-state index in [1.807, 2.05) is 49.4 Å². The number of furan rings is 1. The highest BCUT2D eigenvalue weighted by atomic mass is 16.5. The Morgan fingerprint density at radius 3 is 2.85 bits per heavy atom. The summed E-state index contributed by atoms with van der Waals surface area (Å²) < 4.78 is 11.2. The SMILES string of the molecule is CCCOc1ccc(CNC(=O)N(C)Cc2cc3ccccc3o2)cn1. The topological polar surface area (TPSA) is 67.6 Å². The van der Waals surface area contributed by atoms with Crippen molar-refractivity contribution in [1.82, 2.24) is 15.2 Å². The van der Waals surface area contributed by atoms with Gasteiger partial charge in [0.25, 0.3) is 0 Å². The van der Waals surface area contributed by atoms with Crippen molar-refractivity contribution in [1.29, 1.82) is 0 Å². The second-order valence-electron chi connectivity index (χ2n) is 6.12. The van der Waals surface area contributed by atoms with Crippen molar-refractivity contribution in [3.05, 3.63) is 60.0 Å². The van der Waals surface area contributed by atoms with Gasteiger partial charge in [0.05, 0.1) is 13.2 Å². The van der Waals surface area contributed by atoms with Crippen LogP contribution in [0.3, 0.4) is 0 Å². The molecule has 0 aliphatic carbocycles. The standard InChI is InChI=1S/C20H23N3O3/c1-3-10-25-19-9-8-15(12-21-19)13-22-20(24)23(2)14-17-11-16-6-4-5-7-18(16)26-17/h4-9,11-12H,3,10,13-14H2,1-2H3,(H,22,24). The summed E-state index contributed by atoms with van der Waals surface area (Å²) in [5, 5.41) is 3.91. The number of rotatable bonds is 7. The quantitative estimate of drug-likeness (QED) is 0.698. The maximum absolute atomic E-state index is 12.3. The third-order valence-electron chi connectivity index (χ3n) is 3.91. The van der Waals surface area contributed by atoms with E-state index in [1.165, 1.54) is 0 Å². The average Bonchev–Trinajstić information content (AvgIpc) is 3.07. The molecule has 2 aromatic heterocycles. The number of ether oxygens (including phenoxy) is 1. The summed E-state index contributed by atoms with van der Waals surface area (Å²) in [6.45, 7) is 3.51. The maximum atomic E-state index is 12.3. The van der Waals surface area contributed by atoms with Gasteiger partial charge in [0.2, 0.25) is 5.88 Å². The summed E-state index contributed by atoms with van der Waals surface area (Å²) in [6.07, 6.45) is 2.65. The monoisotopic (exact) mass is 353 g/mol. The first-order valence-electron chi connectivity index (χ1n) is 8.70. The minimum absolute atomic E-state index is 0.170. The molecule has 3 aromatic rings. The molecular formula is C20H23N3O3. The summed E-state index contributed by atoms with van der Waals surface area (Å²) in [6, 6.07) is 13.3. The van der Waals surface area contributed by atoms with Crippen LogP contribution in [0, 0.1) is 0 Å². The van der Waals surface area contributed by atoms with Gasteiger partial charge >= 0.3 is 6.03 Å². The van der Waals surface area contributed by atoms with Gasteiger partial charge in [0, 0.05) is 31.2 Å². The highest BCUT2D eigenvalue weighted by Gasteiger charge is 2.12. The van der Waals surface area contributed by atoms with Gasteiger partial charge in [0.15, 0.2) is 0 Å². The number of aromatic nitrogens is 1. The number of para-hydroxylation sites is 1. The van der Waals surface area contributed by atoms with Crippen molar-refractivity contribution in [3.63, 3.8) is 0 Å². The molecule has 6 nitrogen and oxygen atoms in total.